The van der Waals surface area contributed by atoms with Gasteiger partial charge < -0.3 is 10.4 Å². The van der Waals surface area contributed by atoms with Crippen molar-refractivity contribution < 1.29 is 23.1 Å². The maximum atomic E-state index is 13.1. The summed E-state index contributed by atoms with van der Waals surface area (Å²) >= 11 is 0. The van der Waals surface area contributed by atoms with Crippen molar-refractivity contribution in [2.24, 2.45) is 0 Å². The van der Waals surface area contributed by atoms with Gasteiger partial charge in [0.15, 0.2) is 0 Å². The minimum atomic E-state index is -4.47. The van der Waals surface area contributed by atoms with E-state index in [1.165, 1.54) is 17.2 Å². The van der Waals surface area contributed by atoms with Crippen LogP contribution < -0.4 is 10.2 Å². The second kappa shape index (κ2) is 7.05. The summed E-state index contributed by atoms with van der Waals surface area (Å²) in [7, 11) is 0. The number of alkyl halides is 3. The number of halogens is 3. The number of aliphatic hydroxyl groups excluding tert-OH is 1. The molecule has 0 bridgehead atoms. The van der Waals surface area contributed by atoms with E-state index in [-0.39, 0.29) is 5.92 Å². The molecule has 2 amide bonds. The second-order valence-corrected chi connectivity index (χ2v) is 7.63. The first-order valence-electron chi connectivity index (χ1n) is 9.70. The van der Waals surface area contributed by atoms with Gasteiger partial charge in [-0.3, -0.25) is 9.88 Å². The predicted molar refractivity (Wildman–Crippen MR) is 108 cm³/mol. The van der Waals surface area contributed by atoms with Gasteiger partial charge in [0, 0.05) is 23.2 Å². The molecule has 0 saturated heterocycles. The summed E-state index contributed by atoms with van der Waals surface area (Å²) in [6, 6.07) is 10.8. The van der Waals surface area contributed by atoms with Crippen molar-refractivity contribution in [2.75, 3.05) is 10.2 Å². The molecule has 3 aromatic rings. The van der Waals surface area contributed by atoms with Crippen LogP contribution in [0.15, 0.2) is 60.9 Å². The molecule has 0 radical (unpaired) electrons. The fourth-order valence-corrected chi connectivity index (χ4v) is 4.22. The molecule has 2 unspecified atom stereocenters. The number of nitrogens with zero attached hydrogens (tertiary/aromatic N) is 3. The largest absolute Gasteiger partial charge is 0.416 e. The van der Waals surface area contributed by atoms with Crippen LogP contribution in [-0.2, 0) is 6.18 Å². The highest BCUT2D eigenvalue weighted by atomic mass is 19.4. The van der Waals surface area contributed by atoms with E-state index < -0.39 is 29.9 Å². The Morgan fingerprint density at radius 3 is 2.71 bits per heavy atom. The summed E-state index contributed by atoms with van der Waals surface area (Å²) in [6.07, 6.45) is -1.59. The van der Waals surface area contributed by atoms with E-state index >= 15 is 0 Å². The lowest BCUT2D eigenvalue weighted by molar-refractivity contribution is -0.137. The Bertz CT molecular complexity index is 1150. The molecule has 0 spiro atoms. The first-order chi connectivity index (χ1) is 14.8. The van der Waals surface area contributed by atoms with Crippen LogP contribution in [0.3, 0.4) is 0 Å². The van der Waals surface area contributed by atoms with Gasteiger partial charge in [-0.2, -0.15) is 13.2 Å². The van der Waals surface area contributed by atoms with Crippen molar-refractivity contribution in [3.8, 4) is 11.3 Å². The Kier molecular flexibility index (Phi) is 4.44. The topological polar surface area (TPSA) is 78.4 Å². The van der Waals surface area contributed by atoms with Gasteiger partial charge in [-0.05, 0) is 36.8 Å². The second-order valence-electron chi connectivity index (χ2n) is 7.63. The van der Waals surface area contributed by atoms with Crippen molar-refractivity contribution in [3.05, 3.63) is 72.1 Å². The van der Waals surface area contributed by atoms with E-state index in [0.29, 0.717) is 29.2 Å². The number of rotatable bonds is 2. The number of aromatic nitrogens is 2. The van der Waals surface area contributed by atoms with E-state index in [1.54, 1.807) is 36.5 Å². The summed E-state index contributed by atoms with van der Waals surface area (Å²) in [4.78, 5) is 22.9. The SMILES string of the molecule is O=C(Nc1cccnc1)N1c2nc(-c3cccc(C(F)(F)F)c3)ccc2C2C[C@@H](O)C21. The van der Waals surface area contributed by atoms with Gasteiger partial charge in [-0.1, -0.05) is 18.2 Å². The lowest BCUT2D eigenvalue weighted by Gasteiger charge is -2.40. The van der Waals surface area contributed by atoms with Crippen molar-refractivity contribution in [1.29, 1.82) is 0 Å². The minimum Gasteiger partial charge on any atom is -0.391 e. The van der Waals surface area contributed by atoms with E-state index in [0.717, 1.165) is 17.7 Å². The van der Waals surface area contributed by atoms with E-state index in [2.05, 4.69) is 15.3 Å². The fraction of sp³-hybridized carbons (Fsp3) is 0.227. The van der Waals surface area contributed by atoms with E-state index in [4.69, 9.17) is 0 Å². The lowest BCUT2D eigenvalue weighted by Crippen LogP contribution is -2.55. The highest BCUT2D eigenvalue weighted by molar-refractivity contribution is 6.03. The molecule has 3 heterocycles. The zero-order valence-corrected chi connectivity index (χ0v) is 16.0. The number of fused-ring (bicyclic) bond motifs is 3. The maximum absolute atomic E-state index is 13.1. The Hall–Kier alpha value is -3.46. The molecule has 1 aliphatic carbocycles. The first kappa shape index (κ1) is 19.5. The van der Waals surface area contributed by atoms with Gasteiger partial charge >= 0.3 is 12.2 Å². The monoisotopic (exact) mass is 426 g/mol. The van der Waals surface area contributed by atoms with E-state index in [9.17, 15) is 23.1 Å². The zero-order valence-electron chi connectivity index (χ0n) is 16.0. The molecule has 9 heteroatoms. The third-order valence-electron chi connectivity index (χ3n) is 5.75. The molecular formula is C22H17F3N4O2. The molecular weight excluding hydrogens is 409 g/mol. The van der Waals surface area contributed by atoms with Crippen LogP contribution in [-0.4, -0.2) is 33.3 Å². The molecule has 1 saturated carbocycles. The predicted octanol–water partition coefficient (Wildman–Crippen LogP) is 4.43. The Balaban J connectivity index is 1.52. The fourth-order valence-electron chi connectivity index (χ4n) is 4.22. The molecule has 2 aliphatic rings. The maximum Gasteiger partial charge on any atom is 0.416 e. The molecule has 1 aliphatic heterocycles. The third kappa shape index (κ3) is 3.31. The summed E-state index contributed by atoms with van der Waals surface area (Å²) < 4.78 is 39.4. The number of benzene rings is 1. The zero-order chi connectivity index (χ0) is 21.8. The highest BCUT2D eigenvalue weighted by Crippen LogP contribution is 2.51. The van der Waals surface area contributed by atoms with Gasteiger partial charge in [0.2, 0.25) is 0 Å². The average molecular weight is 426 g/mol. The van der Waals surface area contributed by atoms with Crippen molar-refractivity contribution in [3.63, 3.8) is 0 Å². The number of pyridine rings is 2. The van der Waals surface area contributed by atoms with Crippen LogP contribution in [0.4, 0.5) is 29.5 Å². The summed E-state index contributed by atoms with van der Waals surface area (Å²) in [5.41, 5.74) is 1.13. The molecule has 5 rings (SSSR count). The van der Waals surface area contributed by atoms with Crippen molar-refractivity contribution in [1.82, 2.24) is 9.97 Å². The van der Waals surface area contributed by atoms with E-state index in [1.807, 2.05) is 0 Å². The molecule has 6 nitrogen and oxygen atoms in total. The number of aliphatic hydroxyl groups is 1. The highest BCUT2D eigenvalue weighted by Gasteiger charge is 2.54. The van der Waals surface area contributed by atoms with Crippen LogP contribution >= 0.6 is 0 Å². The van der Waals surface area contributed by atoms with Crippen LogP contribution in [0.25, 0.3) is 11.3 Å². The Labute approximate surface area is 175 Å². The summed E-state index contributed by atoms with van der Waals surface area (Å²) in [5, 5.41) is 13.0. The number of hydrogen-bond acceptors (Lipinski definition) is 4. The van der Waals surface area contributed by atoms with Gasteiger partial charge in [0.1, 0.15) is 5.82 Å². The van der Waals surface area contributed by atoms with Crippen LogP contribution in [0.1, 0.15) is 23.5 Å². The molecule has 1 aromatic carbocycles. The third-order valence-corrected chi connectivity index (χ3v) is 5.75. The van der Waals surface area contributed by atoms with Crippen LogP contribution in [0.2, 0.25) is 0 Å². The van der Waals surface area contributed by atoms with Crippen LogP contribution in [0.5, 0.6) is 0 Å². The number of carbonyl (C=O) groups excluding carboxylic acids is 1. The standard InChI is InChI=1S/C22H17F3N4O2/c23-22(24,25)13-4-1-3-12(9-13)17-7-6-15-16-10-18(30)19(16)29(20(15)28-17)21(31)27-14-5-2-8-26-11-14/h1-9,11,16,18-19,30H,10H2,(H,27,31)/t16?,18-,19?/m1/s1. The number of amides is 2. The van der Waals surface area contributed by atoms with Gasteiger partial charge in [0.05, 0.1) is 35.3 Å². The number of nitrogens with one attached hydrogen (secondary N) is 1. The number of carbonyl (C=O) groups is 1. The molecule has 1 fully saturated rings. The smallest absolute Gasteiger partial charge is 0.391 e. The number of hydrogen-bond donors (Lipinski definition) is 2. The average Bonchev–Trinajstić information content (AvgIpc) is 3.02. The van der Waals surface area contributed by atoms with Gasteiger partial charge in [0.25, 0.3) is 0 Å². The summed E-state index contributed by atoms with van der Waals surface area (Å²) in [6.45, 7) is 0. The molecule has 3 atom stereocenters. The lowest BCUT2D eigenvalue weighted by atomic mass is 9.75. The number of urea groups is 1. The normalized spacial score (nSPS) is 21.8. The van der Waals surface area contributed by atoms with Crippen LogP contribution in [0, 0.1) is 0 Å². The number of anilines is 2. The molecule has 2 aromatic heterocycles. The first-order valence-corrected chi connectivity index (χ1v) is 9.70. The molecule has 158 valence electrons. The quantitative estimate of drug-likeness (QED) is 0.636. The molecule has 31 heavy (non-hydrogen) atoms. The minimum absolute atomic E-state index is 0.0623. The Morgan fingerprint density at radius 1 is 1.16 bits per heavy atom. The summed E-state index contributed by atoms with van der Waals surface area (Å²) in [5.74, 6) is 0.288. The van der Waals surface area contributed by atoms with Gasteiger partial charge in [-0.25, -0.2) is 9.78 Å². The van der Waals surface area contributed by atoms with Crippen molar-refractivity contribution in [2.45, 2.75) is 30.7 Å². The van der Waals surface area contributed by atoms with Crippen molar-refractivity contribution >= 4 is 17.5 Å². The van der Waals surface area contributed by atoms with Gasteiger partial charge in [-0.15, -0.1) is 0 Å². The Morgan fingerprint density at radius 2 is 2.00 bits per heavy atom. The molecule has 2 N–H and O–H groups in total.